The highest BCUT2D eigenvalue weighted by Crippen LogP contribution is 2.20. The van der Waals surface area contributed by atoms with Crippen LogP contribution in [-0.4, -0.2) is 25.3 Å². The first-order valence-electron chi connectivity index (χ1n) is 5.89. The van der Waals surface area contributed by atoms with E-state index in [1.807, 2.05) is 30.3 Å². The van der Waals surface area contributed by atoms with E-state index >= 15 is 0 Å². The molecule has 1 aliphatic heterocycles. The zero-order valence-corrected chi connectivity index (χ0v) is 10.1. The molecule has 0 spiro atoms. The van der Waals surface area contributed by atoms with Gasteiger partial charge >= 0.3 is 0 Å². The molecule has 1 saturated heterocycles. The summed E-state index contributed by atoms with van der Waals surface area (Å²) in [5.74, 6) is 0. The zero-order chi connectivity index (χ0) is 12.1. The Morgan fingerprint density at radius 1 is 1.41 bits per heavy atom. The van der Waals surface area contributed by atoms with Gasteiger partial charge in [-0.2, -0.15) is 0 Å². The van der Waals surface area contributed by atoms with E-state index in [4.69, 9.17) is 10.6 Å². The summed E-state index contributed by atoms with van der Waals surface area (Å²) in [6.45, 7) is 4.84. The van der Waals surface area contributed by atoms with E-state index in [1.165, 1.54) is 0 Å². The second kappa shape index (κ2) is 5.29. The molecule has 92 valence electrons. The minimum absolute atomic E-state index is 0.0588. The van der Waals surface area contributed by atoms with E-state index in [0.29, 0.717) is 13.2 Å². The van der Waals surface area contributed by atoms with E-state index in [1.54, 1.807) is 0 Å². The molecule has 1 unspecified atom stereocenters. The van der Waals surface area contributed by atoms with Crippen molar-refractivity contribution in [2.24, 2.45) is 16.3 Å². The van der Waals surface area contributed by atoms with Crippen molar-refractivity contribution in [2.75, 3.05) is 19.6 Å². The Labute approximate surface area is 102 Å². The second-order valence-electron chi connectivity index (χ2n) is 4.67. The van der Waals surface area contributed by atoms with Crippen LogP contribution in [0, 0.1) is 5.41 Å². The van der Waals surface area contributed by atoms with Gasteiger partial charge in [0.1, 0.15) is 6.61 Å². The van der Waals surface area contributed by atoms with Crippen LogP contribution >= 0.6 is 0 Å². The number of rotatable bonds is 4. The number of hydrogen-bond donors (Lipinski definition) is 2. The Balaban J connectivity index is 1.93. The minimum Gasteiger partial charge on any atom is -0.391 e. The number of nitrogens with one attached hydrogen (secondary N) is 1. The fourth-order valence-electron chi connectivity index (χ4n) is 1.86. The van der Waals surface area contributed by atoms with Crippen molar-refractivity contribution in [3.05, 3.63) is 35.9 Å². The van der Waals surface area contributed by atoms with E-state index < -0.39 is 0 Å². The minimum atomic E-state index is -0.0588. The maximum absolute atomic E-state index is 5.76. The highest BCUT2D eigenvalue weighted by atomic mass is 16.6. The van der Waals surface area contributed by atoms with Crippen LogP contribution < -0.4 is 11.1 Å². The van der Waals surface area contributed by atoms with Gasteiger partial charge in [-0.05, 0) is 5.56 Å². The van der Waals surface area contributed by atoms with Gasteiger partial charge in [-0.25, -0.2) is 0 Å². The lowest BCUT2D eigenvalue weighted by Crippen LogP contribution is -2.35. The predicted octanol–water partition coefficient (Wildman–Crippen LogP) is 1.13. The number of benzene rings is 1. The monoisotopic (exact) mass is 233 g/mol. The molecule has 0 aromatic heterocycles. The fourth-order valence-corrected chi connectivity index (χ4v) is 1.86. The lowest BCUT2D eigenvalue weighted by atomic mass is 9.88. The Kier molecular flexibility index (Phi) is 3.76. The second-order valence-corrected chi connectivity index (χ2v) is 4.67. The molecule has 1 heterocycles. The van der Waals surface area contributed by atoms with Gasteiger partial charge in [0.2, 0.25) is 0 Å². The normalized spacial score (nSPS) is 26.4. The van der Waals surface area contributed by atoms with Gasteiger partial charge in [-0.15, -0.1) is 0 Å². The largest absolute Gasteiger partial charge is 0.391 e. The Morgan fingerprint density at radius 2 is 2.18 bits per heavy atom. The van der Waals surface area contributed by atoms with Crippen molar-refractivity contribution in [3.8, 4) is 0 Å². The molecule has 1 aromatic rings. The molecule has 4 heteroatoms. The molecule has 17 heavy (non-hydrogen) atoms. The summed E-state index contributed by atoms with van der Waals surface area (Å²) in [5.41, 5.74) is 7.84. The van der Waals surface area contributed by atoms with Gasteiger partial charge in [-0.3, -0.25) is 0 Å². The van der Waals surface area contributed by atoms with Crippen molar-refractivity contribution >= 4 is 5.71 Å². The number of nitrogens with two attached hydrogens (primary N) is 1. The third kappa shape index (κ3) is 2.84. The molecular formula is C13H19N3O. The molecule has 1 fully saturated rings. The fraction of sp³-hybridized carbons (Fsp3) is 0.462. The number of oxime groups is 1. The van der Waals surface area contributed by atoms with Crippen molar-refractivity contribution < 1.29 is 4.84 Å². The van der Waals surface area contributed by atoms with Crippen LogP contribution in [0.15, 0.2) is 35.5 Å². The average Bonchev–Trinajstić information content (AvgIpc) is 2.73. The van der Waals surface area contributed by atoms with E-state index in [9.17, 15) is 0 Å². The van der Waals surface area contributed by atoms with Crippen LogP contribution in [0.4, 0.5) is 0 Å². The molecule has 4 nitrogen and oxygen atoms in total. The molecule has 0 amide bonds. The average molecular weight is 233 g/mol. The Bertz CT molecular complexity index is 391. The van der Waals surface area contributed by atoms with Crippen LogP contribution in [0.3, 0.4) is 0 Å². The highest BCUT2D eigenvalue weighted by Gasteiger charge is 2.34. The molecule has 2 rings (SSSR count). The molecular weight excluding hydrogens is 214 g/mol. The van der Waals surface area contributed by atoms with Crippen molar-refractivity contribution in [3.63, 3.8) is 0 Å². The van der Waals surface area contributed by atoms with Crippen LogP contribution in [0.25, 0.3) is 0 Å². The maximum atomic E-state index is 5.76. The van der Waals surface area contributed by atoms with Gasteiger partial charge in [-0.1, -0.05) is 42.4 Å². The molecule has 3 N–H and O–H groups in total. The summed E-state index contributed by atoms with van der Waals surface area (Å²) < 4.78 is 0. The summed E-state index contributed by atoms with van der Waals surface area (Å²) in [7, 11) is 0. The summed E-state index contributed by atoms with van der Waals surface area (Å²) in [4.78, 5) is 5.39. The van der Waals surface area contributed by atoms with Gasteiger partial charge in [0.15, 0.2) is 0 Å². The summed E-state index contributed by atoms with van der Waals surface area (Å²) in [6.07, 6.45) is 0. The van der Waals surface area contributed by atoms with Crippen molar-refractivity contribution in [2.45, 2.75) is 13.5 Å². The smallest absolute Gasteiger partial charge is 0.142 e. The molecule has 1 atom stereocenters. The summed E-state index contributed by atoms with van der Waals surface area (Å²) in [6, 6.07) is 10.0. The molecule has 0 radical (unpaired) electrons. The maximum Gasteiger partial charge on any atom is 0.142 e. The SMILES string of the molecule is CC1(CN)CNCC1=NOCc1ccccc1. The molecule has 1 aliphatic rings. The Morgan fingerprint density at radius 3 is 2.88 bits per heavy atom. The molecule has 0 saturated carbocycles. The Hall–Kier alpha value is -1.39. The third-order valence-electron chi connectivity index (χ3n) is 3.20. The van der Waals surface area contributed by atoms with E-state index in [0.717, 1.165) is 24.4 Å². The topological polar surface area (TPSA) is 59.6 Å². The first-order chi connectivity index (χ1) is 8.24. The molecule has 1 aromatic carbocycles. The summed E-state index contributed by atoms with van der Waals surface area (Å²) in [5, 5.41) is 7.49. The van der Waals surface area contributed by atoms with Crippen LogP contribution in [0.5, 0.6) is 0 Å². The van der Waals surface area contributed by atoms with Gasteiger partial charge in [0.05, 0.1) is 5.71 Å². The number of hydrogen-bond acceptors (Lipinski definition) is 4. The highest BCUT2D eigenvalue weighted by molar-refractivity contribution is 5.93. The van der Waals surface area contributed by atoms with Gasteiger partial charge in [0, 0.05) is 25.0 Å². The molecule has 0 aliphatic carbocycles. The first-order valence-corrected chi connectivity index (χ1v) is 5.89. The van der Waals surface area contributed by atoms with Crippen molar-refractivity contribution in [1.29, 1.82) is 0 Å². The molecule has 0 bridgehead atoms. The quantitative estimate of drug-likeness (QED) is 0.766. The number of nitrogens with zero attached hydrogens (tertiary/aromatic N) is 1. The summed E-state index contributed by atoms with van der Waals surface area (Å²) >= 11 is 0. The van der Waals surface area contributed by atoms with Crippen LogP contribution in [0.1, 0.15) is 12.5 Å². The zero-order valence-electron chi connectivity index (χ0n) is 10.1. The third-order valence-corrected chi connectivity index (χ3v) is 3.20. The van der Waals surface area contributed by atoms with Gasteiger partial charge in [0.25, 0.3) is 0 Å². The lowest BCUT2D eigenvalue weighted by Gasteiger charge is -2.20. The van der Waals surface area contributed by atoms with Crippen LogP contribution in [-0.2, 0) is 11.4 Å². The lowest BCUT2D eigenvalue weighted by molar-refractivity contribution is 0.128. The van der Waals surface area contributed by atoms with Crippen LogP contribution in [0.2, 0.25) is 0 Å². The van der Waals surface area contributed by atoms with Gasteiger partial charge < -0.3 is 15.9 Å². The van der Waals surface area contributed by atoms with Crippen molar-refractivity contribution in [1.82, 2.24) is 5.32 Å². The van der Waals surface area contributed by atoms with E-state index in [-0.39, 0.29) is 5.41 Å². The first kappa shape index (κ1) is 12.1. The van der Waals surface area contributed by atoms with E-state index in [2.05, 4.69) is 17.4 Å². The standard InChI is InChI=1S/C13H19N3O/c1-13(9-14)10-15-7-12(13)16-17-8-11-5-3-2-4-6-11/h2-6,15H,7-10,14H2,1H3. The predicted molar refractivity (Wildman–Crippen MR) is 68.7 cm³/mol.